The summed E-state index contributed by atoms with van der Waals surface area (Å²) in [5.74, 6) is 2.20. The minimum absolute atomic E-state index is 0.151. The van der Waals surface area contributed by atoms with Crippen molar-refractivity contribution in [2.45, 2.75) is 61.9 Å². The smallest absolute Gasteiger partial charge is 0.238 e. The van der Waals surface area contributed by atoms with Gasteiger partial charge in [-0.15, -0.1) is 11.8 Å². The molecule has 1 aromatic rings. The summed E-state index contributed by atoms with van der Waals surface area (Å²) in [5.41, 5.74) is 5.32. The number of hydrogen-bond donors (Lipinski definition) is 2. The maximum atomic E-state index is 12.1. The molecule has 2 aliphatic rings. The van der Waals surface area contributed by atoms with Crippen molar-refractivity contribution in [2.75, 3.05) is 5.75 Å². The number of carbonyl (C=O) groups excluding carboxylic acids is 1. The standard InChI is InChI=1S/C16H24N2O2S/c1-11-14(6-9-20-11)21-10-7-12-3-2-8-16(12,15(17)19)18-13-4-5-13/h6,9,12-13,18H,2-5,7-8,10H2,1H3,(H2,17,19). The van der Waals surface area contributed by atoms with Gasteiger partial charge in [0.05, 0.1) is 6.26 Å². The Morgan fingerprint density at radius 2 is 2.33 bits per heavy atom. The van der Waals surface area contributed by atoms with Crippen molar-refractivity contribution >= 4 is 17.7 Å². The molecular formula is C16H24N2O2S. The van der Waals surface area contributed by atoms with Gasteiger partial charge in [0.25, 0.3) is 0 Å². The van der Waals surface area contributed by atoms with Gasteiger partial charge in [-0.1, -0.05) is 6.42 Å². The molecule has 0 aliphatic heterocycles. The van der Waals surface area contributed by atoms with E-state index in [2.05, 4.69) is 5.32 Å². The van der Waals surface area contributed by atoms with Gasteiger partial charge in [-0.05, 0) is 56.8 Å². The number of hydrogen-bond acceptors (Lipinski definition) is 4. The van der Waals surface area contributed by atoms with E-state index in [0.29, 0.717) is 12.0 Å². The zero-order chi connectivity index (χ0) is 14.9. The van der Waals surface area contributed by atoms with Gasteiger partial charge >= 0.3 is 0 Å². The quantitative estimate of drug-likeness (QED) is 0.760. The largest absolute Gasteiger partial charge is 0.468 e. The third-order valence-electron chi connectivity index (χ3n) is 4.83. The Morgan fingerprint density at radius 1 is 1.52 bits per heavy atom. The monoisotopic (exact) mass is 308 g/mol. The third-order valence-corrected chi connectivity index (χ3v) is 6.01. The van der Waals surface area contributed by atoms with Gasteiger partial charge in [-0.2, -0.15) is 0 Å². The number of primary amides is 1. The summed E-state index contributed by atoms with van der Waals surface area (Å²) < 4.78 is 5.32. The van der Waals surface area contributed by atoms with E-state index in [1.807, 2.05) is 24.8 Å². The highest BCUT2D eigenvalue weighted by molar-refractivity contribution is 7.99. The van der Waals surface area contributed by atoms with E-state index in [4.69, 9.17) is 10.2 Å². The molecule has 0 aromatic carbocycles. The molecule has 3 N–H and O–H groups in total. The fourth-order valence-electron chi connectivity index (χ4n) is 3.48. The highest BCUT2D eigenvalue weighted by Gasteiger charge is 2.49. The minimum atomic E-state index is -0.451. The summed E-state index contributed by atoms with van der Waals surface area (Å²) in [5, 5.41) is 3.57. The van der Waals surface area contributed by atoms with Crippen LogP contribution in [0.2, 0.25) is 0 Å². The van der Waals surface area contributed by atoms with Crippen LogP contribution < -0.4 is 11.1 Å². The molecule has 2 atom stereocenters. The number of nitrogens with two attached hydrogens (primary N) is 1. The lowest BCUT2D eigenvalue weighted by molar-refractivity contribution is -0.126. The Bertz CT molecular complexity index is 512. The third kappa shape index (κ3) is 3.14. The summed E-state index contributed by atoms with van der Waals surface area (Å²) >= 11 is 1.81. The molecule has 21 heavy (non-hydrogen) atoms. The summed E-state index contributed by atoms with van der Waals surface area (Å²) in [6, 6.07) is 2.53. The predicted molar refractivity (Wildman–Crippen MR) is 84.2 cm³/mol. The molecule has 0 radical (unpaired) electrons. The number of furan rings is 1. The maximum Gasteiger partial charge on any atom is 0.238 e. The van der Waals surface area contributed by atoms with E-state index in [-0.39, 0.29) is 5.91 Å². The van der Waals surface area contributed by atoms with E-state index in [1.165, 1.54) is 17.7 Å². The second-order valence-electron chi connectivity index (χ2n) is 6.32. The number of rotatable bonds is 7. The molecule has 1 heterocycles. The second-order valence-corrected chi connectivity index (χ2v) is 7.46. The van der Waals surface area contributed by atoms with Crippen LogP contribution in [0, 0.1) is 12.8 Å². The van der Waals surface area contributed by atoms with Crippen LogP contribution in [0.15, 0.2) is 21.6 Å². The summed E-state index contributed by atoms with van der Waals surface area (Å²) in [4.78, 5) is 13.3. The van der Waals surface area contributed by atoms with Crippen LogP contribution >= 0.6 is 11.8 Å². The van der Waals surface area contributed by atoms with Crippen molar-refractivity contribution < 1.29 is 9.21 Å². The summed E-state index contributed by atoms with van der Waals surface area (Å²) in [6.07, 6.45) is 8.23. The summed E-state index contributed by atoms with van der Waals surface area (Å²) in [7, 11) is 0. The van der Waals surface area contributed by atoms with Gasteiger partial charge in [-0.3, -0.25) is 4.79 Å². The van der Waals surface area contributed by atoms with Crippen LogP contribution in [0.1, 0.15) is 44.3 Å². The first-order valence-electron chi connectivity index (χ1n) is 7.86. The Morgan fingerprint density at radius 3 is 2.95 bits per heavy atom. The maximum absolute atomic E-state index is 12.1. The molecule has 2 fully saturated rings. The molecule has 3 rings (SSSR count). The van der Waals surface area contributed by atoms with E-state index in [9.17, 15) is 4.79 Å². The number of carbonyl (C=O) groups is 1. The lowest BCUT2D eigenvalue weighted by Crippen LogP contribution is -2.58. The Hall–Kier alpha value is -0.940. The second kappa shape index (κ2) is 6.05. The first-order valence-corrected chi connectivity index (χ1v) is 8.85. The number of thioether (sulfide) groups is 1. The number of nitrogens with one attached hydrogen (secondary N) is 1. The highest BCUT2D eigenvalue weighted by atomic mass is 32.2. The van der Waals surface area contributed by atoms with E-state index in [0.717, 1.165) is 37.2 Å². The molecule has 4 nitrogen and oxygen atoms in total. The molecule has 2 aliphatic carbocycles. The van der Waals surface area contributed by atoms with E-state index < -0.39 is 5.54 Å². The zero-order valence-electron chi connectivity index (χ0n) is 12.6. The molecule has 0 bridgehead atoms. The molecular weight excluding hydrogens is 284 g/mol. The molecule has 0 spiro atoms. The van der Waals surface area contributed by atoms with Crippen LogP contribution in [-0.4, -0.2) is 23.2 Å². The van der Waals surface area contributed by atoms with E-state index >= 15 is 0 Å². The van der Waals surface area contributed by atoms with Crippen LogP contribution in [0.5, 0.6) is 0 Å². The van der Waals surface area contributed by atoms with Gasteiger partial charge in [0.2, 0.25) is 5.91 Å². The fourth-order valence-corrected chi connectivity index (χ4v) is 4.51. The van der Waals surface area contributed by atoms with Gasteiger partial charge in [0, 0.05) is 10.9 Å². The normalized spacial score (nSPS) is 28.9. The first kappa shape index (κ1) is 15.0. The fraction of sp³-hybridized carbons (Fsp3) is 0.688. The van der Waals surface area contributed by atoms with Crippen molar-refractivity contribution in [1.29, 1.82) is 0 Å². The van der Waals surface area contributed by atoms with Crippen LogP contribution in [0.4, 0.5) is 0 Å². The molecule has 1 amide bonds. The molecule has 2 unspecified atom stereocenters. The first-order chi connectivity index (χ1) is 10.1. The molecule has 1 aromatic heterocycles. The SMILES string of the molecule is Cc1occc1SCCC1CCCC1(NC1CC1)C(N)=O. The Labute approximate surface area is 130 Å². The zero-order valence-corrected chi connectivity index (χ0v) is 13.4. The van der Waals surface area contributed by atoms with Gasteiger partial charge in [-0.25, -0.2) is 0 Å². The highest BCUT2D eigenvalue weighted by Crippen LogP contribution is 2.41. The summed E-state index contributed by atoms with van der Waals surface area (Å²) in [6.45, 7) is 1.99. The van der Waals surface area contributed by atoms with Gasteiger partial charge in [0.1, 0.15) is 11.3 Å². The van der Waals surface area contributed by atoms with Crippen molar-refractivity contribution in [3.05, 3.63) is 18.1 Å². The predicted octanol–water partition coefficient (Wildman–Crippen LogP) is 2.85. The molecule has 2 saturated carbocycles. The van der Waals surface area contributed by atoms with Crippen molar-refractivity contribution in [2.24, 2.45) is 11.7 Å². The Balaban J connectivity index is 1.60. The lowest BCUT2D eigenvalue weighted by atomic mass is 9.84. The van der Waals surface area contributed by atoms with E-state index in [1.54, 1.807) is 6.26 Å². The number of aryl methyl sites for hydroxylation is 1. The number of amides is 1. The van der Waals surface area contributed by atoms with Gasteiger partial charge < -0.3 is 15.5 Å². The van der Waals surface area contributed by atoms with Crippen LogP contribution in [0.25, 0.3) is 0 Å². The lowest BCUT2D eigenvalue weighted by Gasteiger charge is -2.34. The minimum Gasteiger partial charge on any atom is -0.468 e. The molecule has 116 valence electrons. The van der Waals surface area contributed by atoms with Crippen LogP contribution in [0.3, 0.4) is 0 Å². The van der Waals surface area contributed by atoms with Crippen LogP contribution in [-0.2, 0) is 4.79 Å². The van der Waals surface area contributed by atoms with Crippen molar-refractivity contribution in [3.8, 4) is 0 Å². The van der Waals surface area contributed by atoms with Crippen molar-refractivity contribution in [3.63, 3.8) is 0 Å². The topological polar surface area (TPSA) is 68.3 Å². The average Bonchev–Trinajstić information content (AvgIpc) is 3.02. The van der Waals surface area contributed by atoms with Crippen molar-refractivity contribution in [1.82, 2.24) is 5.32 Å². The molecule has 0 saturated heterocycles. The average molecular weight is 308 g/mol. The Kier molecular flexibility index (Phi) is 4.31. The van der Waals surface area contributed by atoms with Gasteiger partial charge in [0.15, 0.2) is 0 Å². The molecule has 5 heteroatoms.